The van der Waals surface area contributed by atoms with Crippen molar-refractivity contribution in [2.45, 2.75) is 19.9 Å². The van der Waals surface area contributed by atoms with Crippen molar-refractivity contribution in [2.75, 3.05) is 6.54 Å². The van der Waals surface area contributed by atoms with E-state index in [4.69, 9.17) is 0 Å². The van der Waals surface area contributed by atoms with Gasteiger partial charge in [-0.2, -0.15) is 0 Å². The molecule has 0 amide bonds. The Morgan fingerprint density at radius 3 is 2.32 bits per heavy atom. The van der Waals surface area contributed by atoms with Crippen LogP contribution in [-0.2, 0) is 6.54 Å². The Bertz CT molecular complexity index is 535. The molecule has 0 aliphatic carbocycles. The molecule has 19 heavy (non-hydrogen) atoms. The van der Waals surface area contributed by atoms with Crippen LogP contribution in [0.25, 0.3) is 11.1 Å². The summed E-state index contributed by atoms with van der Waals surface area (Å²) >= 11 is 0. The number of benzene rings is 2. The molecule has 0 heterocycles. The highest BCUT2D eigenvalue weighted by molar-refractivity contribution is 5.64. The van der Waals surface area contributed by atoms with E-state index in [1.165, 1.54) is 18.2 Å². The van der Waals surface area contributed by atoms with Crippen molar-refractivity contribution in [1.82, 2.24) is 5.32 Å². The largest absolute Gasteiger partial charge is 0.313 e. The Hall–Kier alpha value is -1.74. The molecule has 0 unspecified atom stereocenters. The minimum atomic E-state index is -0.268. The van der Waals surface area contributed by atoms with Crippen molar-refractivity contribution < 1.29 is 8.78 Å². The van der Waals surface area contributed by atoms with Crippen molar-refractivity contribution in [1.29, 1.82) is 0 Å². The number of hydrogen-bond acceptors (Lipinski definition) is 1. The summed E-state index contributed by atoms with van der Waals surface area (Å²) in [5, 5.41) is 3.18. The predicted octanol–water partition coefficient (Wildman–Crippen LogP) is 4.13. The van der Waals surface area contributed by atoms with Crippen LogP contribution in [-0.4, -0.2) is 6.54 Å². The van der Waals surface area contributed by atoms with Gasteiger partial charge < -0.3 is 5.32 Å². The third-order valence-corrected chi connectivity index (χ3v) is 2.97. The molecular formula is C16H17F2N. The first-order valence-electron chi connectivity index (χ1n) is 6.46. The second kappa shape index (κ2) is 6.43. The molecule has 0 bridgehead atoms. The zero-order valence-electron chi connectivity index (χ0n) is 10.9. The minimum absolute atomic E-state index is 0.213. The van der Waals surface area contributed by atoms with E-state index >= 15 is 0 Å². The summed E-state index contributed by atoms with van der Waals surface area (Å²) in [4.78, 5) is 0. The van der Waals surface area contributed by atoms with Crippen LogP contribution >= 0.6 is 0 Å². The Labute approximate surface area is 112 Å². The van der Waals surface area contributed by atoms with E-state index < -0.39 is 0 Å². The molecule has 1 nitrogen and oxygen atoms in total. The fraction of sp³-hybridized carbons (Fsp3) is 0.250. The summed E-state index contributed by atoms with van der Waals surface area (Å²) in [6.45, 7) is 3.44. The van der Waals surface area contributed by atoms with Gasteiger partial charge in [0.05, 0.1) is 0 Å². The molecule has 0 aliphatic rings. The van der Waals surface area contributed by atoms with E-state index in [0.29, 0.717) is 12.1 Å². The van der Waals surface area contributed by atoms with Gasteiger partial charge in [0, 0.05) is 12.1 Å². The van der Waals surface area contributed by atoms with Gasteiger partial charge in [-0.15, -0.1) is 0 Å². The van der Waals surface area contributed by atoms with Crippen LogP contribution < -0.4 is 5.32 Å². The van der Waals surface area contributed by atoms with Crippen molar-refractivity contribution in [2.24, 2.45) is 0 Å². The minimum Gasteiger partial charge on any atom is -0.313 e. The third kappa shape index (κ3) is 3.61. The highest BCUT2D eigenvalue weighted by Gasteiger charge is 2.05. The van der Waals surface area contributed by atoms with Crippen LogP contribution in [0.15, 0.2) is 42.5 Å². The molecule has 2 rings (SSSR count). The normalized spacial score (nSPS) is 10.7. The lowest BCUT2D eigenvalue weighted by molar-refractivity contribution is 0.587. The molecule has 0 fully saturated rings. The van der Waals surface area contributed by atoms with Crippen LogP contribution in [0.5, 0.6) is 0 Å². The maximum atomic E-state index is 13.7. The average molecular weight is 261 g/mol. The number of halogens is 2. The smallest absolute Gasteiger partial charge is 0.127 e. The van der Waals surface area contributed by atoms with Crippen LogP contribution in [0.2, 0.25) is 0 Å². The van der Waals surface area contributed by atoms with E-state index in [1.54, 1.807) is 18.2 Å². The maximum absolute atomic E-state index is 13.7. The van der Waals surface area contributed by atoms with Crippen LogP contribution in [0.1, 0.15) is 18.9 Å². The predicted molar refractivity (Wildman–Crippen MR) is 73.8 cm³/mol. The Morgan fingerprint density at radius 1 is 0.947 bits per heavy atom. The fourth-order valence-electron chi connectivity index (χ4n) is 1.93. The van der Waals surface area contributed by atoms with Crippen LogP contribution in [0.4, 0.5) is 8.78 Å². The molecule has 1 N–H and O–H groups in total. The summed E-state index contributed by atoms with van der Waals surface area (Å²) < 4.78 is 26.6. The topological polar surface area (TPSA) is 12.0 Å². The molecule has 0 saturated heterocycles. The van der Waals surface area contributed by atoms with Crippen LogP contribution in [0.3, 0.4) is 0 Å². The van der Waals surface area contributed by atoms with Crippen molar-refractivity contribution >= 4 is 0 Å². The van der Waals surface area contributed by atoms with E-state index in [1.807, 2.05) is 6.07 Å². The molecular weight excluding hydrogens is 244 g/mol. The van der Waals surface area contributed by atoms with Gasteiger partial charge in [0.1, 0.15) is 11.6 Å². The summed E-state index contributed by atoms with van der Waals surface area (Å²) in [6.07, 6.45) is 1.01. The summed E-state index contributed by atoms with van der Waals surface area (Å²) in [7, 11) is 0. The third-order valence-electron chi connectivity index (χ3n) is 2.97. The molecule has 0 aliphatic heterocycles. The molecule has 0 radical (unpaired) electrons. The van der Waals surface area contributed by atoms with Gasteiger partial charge in [0.2, 0.25) is 0 Å². The molecule has 2 aromatic carbocycles. The zero-order valence-corrected chi connectivity index (χ0v) is 10.9. The lowest BCUT2D eigenvalue weighted by Crippen LogP contribution is -2.14. The van der Waals surface area contributed by atoms with Crippen LogP contribution in [0, 0.1) is 11.6 Å². The first kappa shape index (κ1) is 13.7. The molecule has 100 valence electrons. The maximum Gasteiger partial charge on any atom is 0.127 e. The fourth-order valence-corrected chi connectivity index (χ4v) is 1.93. The van der Waals surface area contributed by atoms with Crippen molar-refractivity contribution in [3.63, 3.8) is 0 Å². The highest BCUT2D eigenvalue weighted by atomic mass is 19.1. The molecule has 0 saturated carbocycles. The van der Waals surface area contributed by atoms with E-state index in [-0.39, 0.29) is 11.6 Å². The quantitative estimate of drug-likeness (QED) is 0.798. The Balaban J connectivity index is 2.22. The SMILES string of the molecule is CCCNCc1cc(-c2ccc(F)cc2)ccc1F. The molecule has 2 aromatic rings. The summed E-state index contributed by atoms with van der Waals surface area (Å²) in [5.74, 6) is -0.481. The highest BCUT2D eigenvalue weighted by Crippen LogP contribution is 2.22. The molecule has 0 atom stereocenters. The van der Waals surface area contributed by atoms with E-state index in [0.717, 1.165) is 24.1 Å². The lowest BCUT2D eigenvalue weighted by atomic mass is 10.0. The molecule has 3 heteroatoms. The number of rotatable bonds is 5. The molecule has 0 aromatic heterocycles. The standard InChI is InChI=1S/C16H17F2N/c1-2-9-19-11-14-10-13(5-8-16(14)18)12-3-6-15(17)7-4-12/h3-8,10,19H,2,9,11H2,1H3. The second-order valence-corrected chi connectivity index (χ2v) is 4.49. The summed E-state index contributed by atoms with van der Waals surface area (Å²) in [6, 6.07) is 11.2. The number of nitrogens with one attached hydrogen (secondary N) is 1. The van der Waals surface area contributed by atoms with Gasteiger partial charge in [-0.05, 0) is 48.4 Å². The first-order chi connectivity index (χ1) is 9.20. The summed E-state index contributed by atoms with van der Waals surface area (Å²) in [5.41, 5.74) is 2.42. The Morgan fingerprint density at radius 2 is 1.63 bits per heavy atom. The Kier molecular flexibility index (Phi) is 4.63. The monoisotopic (exact) mass is 261 g/mol. The second-order valence-electron chi connectivity index (χ2n) is 4.49. The van der Waals surface area contributed by atoms with Gasteiger partial charge in [0.25, 0.3) is 0 Å². The van der Waals surface area contributed by atoms with E-state index in [2.05, 4.69) is 12.2 Å². The lowest BCUT2D eigenvalue weighted by Gasteiger charge is -2.08. The van der Waals surface area contributed by atoms with Gasteiger partial charge in [-0.25, -0.2) is 8.78 Å². The van der Waals surface area contributed by atoms with Gasteiger partial charge in [-0.1, -0.05) is 25.1 Å². The zero-order chi connectivity index (χ0) is 13.7. The average Bonchev–Trinajstić information content (AvgIpc) is 2.42. The van der Waals surface area contributed by atoms with Gasteiger partial charge >= 0.3 is 0 Å². The first-order valence-corrected chi connectivity index (χ1v) is 6.46. The molecule has 0 spiro atoms. The van der Waals surface area contributed by atoms with Crippen molar-refractivity contribution in [3.05, 3.63) is 59.7 Å². The van der Waals surface area contributed by atoms with Crippen molar-refractivity contribution in [3.8, 4) is 11.1 Å². The number of hydrogen-bond donors (Lipinski definition) is 1. The van der Waals surface area contributed by atoms with Gasteiger partial charge in [0.15, 0.2) is 0 Å². The van der Waals surface area contributed by atoms with E-state index in [9.17, 15) is 8.78 Å². The van der Waals surface area contributed by atoms with Gasteiger partial charge in [-0.3, -0.25) is 0 Å².